The average molecular weight is 404 g/mol. The molecule has 0 saturated carbocycles. The van der Waals surface area contributed by atoms with Gasteiger partial charge in [0.05, 0.1) is 6.54 Å². The number of hydrogen-bond acceptors (Lipinski definition) is 7. The summed E-state index contributed by atoms with van der Waals surface area (Å²) < 4.78 is 0. The van der Waals surface area contributed by atoms with Gasteiger partial charge in [0, 0.05) is 50.4 Å². The number of aromatic nitrogens is 2. The van der Waals surface area contributed by atoms with Gasteiger partial charge in [-0.3, -0.25) is 9.79 Å². The van der Waals surface area contributed by atoms with Crippen molar-refractivity contribution < 1.29 is 9.90 Å². The van der Waals surface area contributed by atoms with Gasteiger partial charge in [0.25, 0.3) is 5.97 Å². The second-order valence-corrected chi connectivity index (χ2v) is 6.95. The van der Waals surface area contributed by atoms with Gasteiger partial charge in [-0.1, -0.05) is 12.1 Å². The molecule has 154 valence electrons. The van der Waals surface area contributed by atoms with E-state index >= 15 is 0 Å². The molecule has 1 aromatic heterocycles. The third-order valence-electron chi connectivity index (χ3n) is 4.41. The van der Waals surface area contributed by atoms with Crippen molar-refractivity contribution in [3.63, 3.8) is 0 Å². The highest BCUT2D eigenvalue weighted by Crippen LogP contribution is 2.34. The minimum Gasteiger partial charge on any atom is -0.481 e. The fourth-order valence-corrected chi connectivity index (χ4v) is 3.08. The van der Waals surface area contributed by atoms with Crippen LogP contribution in [0.25, 0.3) is 11.1 Å². The second-order valence-electron chi connectivity index (χ2n) is 6.95. The minimum absolute atomic E-state index is 0.247. The molecular weight excluding hydrogens is 380 g/mol. The first-order valence-electron chi connectivity index (χ1n) is 9.33. The van der Waals surface area contributed by atoms with Gasteiger partial charge in [-0.2, -0.15) is 4.98 Å². The molecule has 8 nitrogen and oxygen atoms in total. The molecule has 0 aliphatic carbocycles. The zero-order valence-corrected chi connectivity index (χ0v) is 17.1. The number of nitrogens with one attached hydrogen (secondary N) is 1. The van der Waals surface area contributed by atoms with E-state index in [0.29, 0.717) is 12.4 Å². The smallest absolute Gasteiger partial charge is 0.300 e. The summed E-state index contributed by atoms with van der Waals surface area (Å²) in [5.41, 5.74) is 12.5. The normalized spacial score (nSPS) is 11.3. The van der Waals surface area contributed by atoms with Crippen molar-refractivity contribution in [1.29, 1.82) is 0 Å². The quantitative estimate of drug-likeness (QED) is 0.609. The lowest BCUT2D eigenvalue weighted by atomic mass is 9.95. The summed E-state index contributed by atoms with van der Waals surface area (Å²) >= 11 is 0. The number of carboxylic acids is 1. The fourth-order valence-electron chi connectivity index (χ4n) is 3.08. The Bertz CT molecular complexity index is 1070. The Balaban J connectivity index is 0.000000589. The van der Waals surface area contributed by atoms with E-state index in [-0.39, 0.29) is 5.95 Å². The van der Waals surface area contributed by atoms with Crippen LogP contribution in [-0.2, 0) is 11.3 Å². The Morgan fingerprint density at radius 2 is 1.87 bits per heavy atom. The molecule has 1 aliphatic heterocycles. The Kier molecular flexibility index (Phi) is 6.26. The van der Waals surface area contributed by atoms with Gasteiger partial charge in [-0.15, -0.1) is 0 Å². The number of benzene rings is 2. The molecular formula is C22H24N6O2. The molecule has 0 amide bonds. The monoisotopic (exact) mass is 404 g/mol. The summed E-state index contributed by atoms with van der Waals surface area (Å²) in [7, 11) is 4.08. The summed E-state index contributed by atoms with van der Waals surface area (Å²) in [5.74, 6) is 0.0820. The Morgan fingerprint density at radius 1 is 1.17 bits per heavy atom. The molecule has 30 heavy (non-hydrogen) atoms. The van der Waals surface area contributed by atoms with Crippen LogP contribution in [0.1, 0.15) is 18.1 Å². The number of hydrogen-bond donors (Lipinski definition) is 3. The molecule has 0 bridgehead atoms. The zero-order chi connectivity index (χ0) is 21.7. The van der Waals surface area contributed by atoms with E-state index in [0.717, 1.165) is 18.2 Å². The Hall–Kier alpha value is -3.94. The lowest BCUT2D eigenvalue weighted by molar-refractivity contribution is -0.134. The van der Waals surface area contributed by atoms with Crippen LogP contribution >= 0.6 is 0 Å². The number of aliphatic carboxylic acids is 1. The highest BCUT2D eigenvalue weighted by atomic mass is 16.4. The summed E-state index contributed by atoms with van der Waals surface area (Å²) in [6.45, 7) is 1.79. The fraction of sp³-hybridized carbons (Fsp3) is 0.182. The Labute approximate surface area is 175 Å². The zero-order valence-electron chi connectivity index (χ0n) is 17.1. The van der Waals surface area contributed by atoms with E-state index in [4.69, 9.17) is 15.6 Å². The molecule has 8 heteroatoms. The molecule has 4 rings (SSSR count). The van der Waals surface area contributed by atoms with Crippen LogP contribution < -0.4 is 16.0 Å². The van der Waals surface area contributed by atoms with Gasteiger partial charge in [0.15, 0.2) is 0 Å². The number of anilines is 4. The highest BCUT2D eigenvalue weighted by Gasteiger charge is 2.15. The first kappa shape index (κ1) is 20.8. The third-order valence-corrected chi connectivity index (χ3v) is 4.41. The largest absolute Gasteiger partial charge is 0.481 e. The molecule has 0 radical (unpaired) electrons. The van der Waals surface area contributed by atoms with E-state index in [1.807, 2.05) is 20.3 Å². The summed E-state index contributed by atoms with van der Waals surface area (Å²) in [5, 5.41) is 10.7. The van der Waals surface area contributed by atoms with Crippen molar-refractivity contribution in [3.8, 4) is 11.1 Å². The van der Waals surface area contributed by atoms with Gasteiger partial charge >= 0.3 is 0 Å². The maximum absolute atomic E-state index is 9.00. The number of nitrogens with zero attached hydrogens (tertiary/aromatic N) is 4. The summed E-state index contributed by atoms with van der Waals surface area (Å²) in [6.07, 6.45) is 3.56. The number of nitrogens with two attached hydrogens (primary N) is 1. The number of fused-ring (bicyclic) bond motifs is 1. The maximum atomic E-state index is 9.00. The van der Waals surface area contributed by atoms with Crippen molar-refractivity contribution in [2.24, 2.45) is 4.99 Å². The van der Waals surface area contributed by atoms with Gasteiger partial charge in [0.1, 0.15) is 5.82 Å². The second kappa shape index (κ2) is 9.04. The van der Waals surface area contributed by atoms with Crippen LogP contribution in [0.15, 0.2) is 53.7 Å². The number of carboxylic acid groups (broad SMARTS) is 1. The van der Waals surface area contributed by atoms with Crippen molar-refractivity contribution in [3.05, 3.63) is 59.8 Å². The van der Waals surface area contributed by atoms with Crippen LogP contribution in [0.3, 0.4) is 0 Å². The summed E-state index contributed by atoms with van der Waals surface area (Å²) in [4.78, 5) is 23.7. The molecule has 2 heterocycles. The highest BCUT2D eigenvalue weighted by molar-refractivity contribution is 5.91. The maximum Gasteiger partial charge on any atom is 0.300 e. The average Bonchev–Trinajstić information content (AvgIpc) is 3.15. The first-order valence-corrected chi connectivity index (χ1v) is 9.33. The van der Waals surface area contributed by atoms with Crippen LogP contribution in [-0.4, -0.2) is 41.4 Å². The van der Waals surface area contributed by atoms with E-state index in [2.05, 4.69) is 61.6 Å². The third kappa shape index (κ3) is 5.11. The molecule has 0 unspecified atom stereocenters. The van der Waals surface area contributed by atoms with Gasteiger partial charge in [-0.25, -0.2) is 4.98 Å². The predicted octanol–water partition coefficient (Wildman–Crippen LogP) is 3.56. The van der Waals surface area contributed by atoms with E-state index in [9.17, 15) is 0 Å². The van der Waals surface area contributed by atoms with Gasteiger partial charge < -0.3 is 21.1 Å². The van der Waals surface area contributed by atoms with Gasteiger partial charge in [-0.05, 0) is 47.0 Å². The first-order chi connectivity index (χ1) is 14.3. The minimum atomic E-state index is -0.833. The van der Waals surface area contributed by atoms with Crippen molar-refractivity contribution in [1.82, 2.24) is 9.97 Å². The SMILES string of the molecule is CC(=O)O.CN(C)c1ccc(-c2cc(Nc3ccnc(N)n3)cc3c2CN=C3)cc1. The van der Waals surface area contributed by atoms with E-state index < -0.39 is 5.97 Å². The number of aliphatic imine (C=N–C) groups is 1. The molecule has 3 aromatic rings. The molecule has 0 spiro atoms. The standard InChI is InChI=1S/C20H20N6.C2H4O2/c1-26(2)16-5-3-13(4-6-16)17-10-15(9-14-11-22-12-18(14)17)24-19-7-8-23-20(21)25-19;1-2(3)4/h3-11H,12H2,1-2H3,(H3,21,23,24,25);1H3,(H,3,4). The molecule has 2 aromatic carbocycles. The van der Waals surface area contributed by atoms with Crippen molar-refractivity contribution in [2.75, 3.05) is 30.0 Å². The van der Waals surface area contributed by atoms with Crippen molar-refractivity contribution >= 4 is 35.3 Å². The molecule has 1 aliphatic rings. The Morgan fingerprint density at radius 3 is 2.50 bits per heavy atom. The van der Waals surface area contributed by atoms with Crippen molar-refractivity contribution in [2.45, 2.75) is 13.5 Å². The summed E-state index contributed by atoms with van der Waals surface area (Å²) in [6, 6.07) is 14.6. The molecule has 0 atom stereocenters. The number of nitrogen functional groups attached to an aromatic ring is 1. The number of rotatable bonds is 4. The van der Waals surface area contributed by atoms with Crippen LogP contribution in [0.2, 0.25) is 0 Å². The molecule has 0 saturated heterocycles. The lowest BCUT2D eigenvalue weighted by Gasteiger charge is -2.15. The topological polar surface area (TPSA) is 117 Å². The van der Waals surface area contributed by atoms with Crippen LogP contribution in [0, 0.1) is 0 Å². The van der Waals surface area contributed by atoms with E-state index in [1.54, 1.807) is 12.3 Å². The number of carbonyl (C=O) groups is 1. The lowest BCUT2D eigenvalue weighted by Crippen LogP contribution is -2.08. The van der Waals surface area contributed by atoms with Crippen LogP contribution in [0.5, 0.6) is 0 Å². The molecule has 4 N–H and O–H groups in total. The molecule has 0 fully saturated rings. The van der Waals surface area contributed by atoms with E-state index in [1.165, 1.54) is 22.4 Å². The predicted molar refractivity (Wildman–Crippen MR) is 121 cm³/mol. The van der Waals surface area contributed by atoms with Gasteiger partial charge in [0.2, 0.25) is 5.95 Å². The van der Waals surface area contributed by atoms with Crippen LogP contribution in [0.4, 0.5) is 23.1 Å².